The van der Waals surface area contributed by atoms with E-state index in [1.54, 1.807) is 0 Å². The maximum Gasteiger partial charge on any atom is 0.472 e. The van der Waals surface area contributed by atoms with Crippen molar-refractivity contribution in [1.82, 2.24) is 5.32 Å². The SMILES string of the molecule is CCCCCCCCCCCCCCCCCCCCCCCCCCCCCCCCCCCCCCCCCCC(=O)NC(COP(=O)(O)OCC[N+](C)(C)C)C(O)CCCCCCC. The maximum absolute atomic E-state index is 12.8. The van der Waals surface area contributed by atoms with Crippen LogP contribution in [-0.2, 0) is 18.4 Å². The van der Waals surface area contributed by atoms with Gasteiger partial charge in [-0.15, -0.1) is 0 Å². The largest absolute Gasteiger partial charge is 0.472 e. The van der Waals surface area contributed by atoms with Crippen molar-refractivity contribution in [1.29, 1.82) is 0 Å². The summed E-state index contributed by atoms with van der Waals surface area (Å²) in [6, 6.07) is -0.751. The molecule has 67 heavy (non-hydrogen) atoms. The van der Waals surface area contributed by atoms with Crippen molar-refractivity contribution in [2.24, 2.45) is 0 Å². The van der Waals surface area contributed by atoms with Crippen LogP contribution in [0.1, 0.15) is 316 Å². The molecule has 0 heterocycles. The number of nitrogens with zero attached hydrogens (tertiary/aromatic N) is 1. The number of likely N-dealkylation sites (N-methyl/N-ethyl adjacent to an activating group) is 1. The van der Waals surface area contributed by atoms with E-state index in [4.69, 9.17) is 9.05 Å². The highest BCUT2D eigenvalue weighted by Gasteiger charge is 2.28. The highest BCUT2D eigenvalue weighted by Crippen LogP contribution is 2.43. The highest BCUT2D eigenvalue weighted by atomic mass is 31.2. The maximum atomic E-state index is 12.8. The van der Waals surface area contributed by atoms with Crippen LogP contribution in [0.2, 0.25) is 0 Å². The lowest BCUT2D eigenvalue weighted by atomic mass is 10.0. The van der Waals surface area contributed by atoms with Gasteiger partial charge in [0.2, 0.25) is 5.91 Å². The molecule has 0 radical (unpaired) electrons. The Morgan fingerprint density at radius 3 is 1.00 bits per heavy atom. The van der Waals surface area contributed by atoms with Crippen molar-refractivity contribution in [2.75, 3.05) is 40.9 Å². The number of unbranched alkanes of at least 4 members (excludes halogenated alkanes) is 43. The number of aliphatic hydroxyl groups excluding tert-OH is 1. The van der Waals surface area contributed by atoms with Crippen LogP contribution in [0.25, 0.3) is 0 Å². The molecule has 0 aliphatic rings. The average molecular weight is 973 g/mol. The van der Waals surface area contributed by atoms with Crippen LogP contribution in [-0.4, -0.2) is 73.4 Å². The summed E-state index contributed by atoms with van der Waals surface area (Å²) in [7, 11) is 1.63. The third-order valence-corrected chi connectivity index (χ3v) is 15.1. The topological polar surface area (TPSA) is 105 Å². The Morgan fingerprint density at radius 2 is 0.716 bits per heavy atom. The van der Waals surface area contributed by atoms with Crippen LogP contribution >= 0.6 is 7.82 Å². The van der Waals surface area contributed by atoms with Crippen LogP contribution in [0.4, 0.5) is 0 Å². The highest BCUT2D eigenvalue weighted by molar-refractivity contribution is 7.47. The zero-order chi connectivity index (χ0) is 49.2. The smallest absolute Gasteiger partial charge is 0.391 e. The lowest BCUT2D eigenvalue weighted by molar-refractivity contribution is -0.870. The summed E-state index contributed by atoms with van der Waals surface area (Å²) < 4.78 is 23.5. The summed E-state index contributed by atoms with van der Waals surface area (Å²) >= 11 is 0. The molecule has 3 atom stereocenters. The second kappa shape index (κ2) is 50.4. The molecular formula is C58H120N2O6P+. The number of rotatable bonds is 56. The molecule has 0 fully saturated rings. The van der Waals surface area contributed by atoms with Gasteiger partial charge in [0.15, 0.2) is 0 Å². The number of carbonyl (C=O) groups excluding carboxylic acids is 1. The monoisotopic (exact) mass is 972 g/mol. The number of hydrogen-bond acceptors (Lipinski definition) is 5. The molecule has 0 saturated heterocycles. The fraction of sp³-hybridized carbons (Fsp3) is 0.983. The molecule has 0 aromatic heterocycles. The van der Waals surface area contributed by atoms with Gasteiger partial charge in [-0.05, 0) is 12.8 Å². The van der Waals surface area contributed by atoms with E-state index in [0.29, 0.717) is 23.9 Å². The molecule has 0 aromatic rings. The summed E-state index contributed by atoms with van der Waals surface area (Å²) in [5.74, 6) is -0.144. The number of phosphoric ester groups is 1. The number of quaternary nitrogens is 1. The number of nitrogens with one attached hydrogen (secondary N) is 1. The summed E-state index contributed by atoms with van der Waals surface area (Å²) in [6.07, 6.45) is 61.2. The lowest BCUT2D eigenvalue weighted by Gasteiger charge is -2.26. The second-order valence-corrected chi connectivity index (χ2v) is 23.5. The third kappa shape index (κ3) is 53.1. The van der Waals surface area contributed by atoms with Crippen molar-refractivity contribution in [3.05, 3.63) is 0 Å². The lowest BCUT2D eigenvalue weighted by Crippen LogP contribution is -2.46. The molecule has 0 aliphatic carbocycles. The standard InChI is InChI=1S/C58H119N2O6P/c1-6-8-10-12-13-14-15-16-17-18-19-20-21-22-23-24-25-26-27-28-29-30-31-32-33-34-35-36-37-38-39-40-41-42-43-44-45-46-48-50-52-58(62)59-56(57(61)51-49-47-11-9-7-2)55-66-67(63,64)65-54-53-60(3,4)5/h56-57,61H,6-55H2,1-5H3,(H-,59,62,63,64)/p+1. The summed E-state index contributed by atoms with van der Waals surface area (Å²) in [4.78, 5) is 23.0. The van der Waals surface area contributed by atoms with E-state index in [1.165, 1.54) is 238 Å². The Labute approximate surface area is 419 Å². The number of aliphatic hydroxyl groups is 1. The summed E-state index contributed by atoms with van der Waals surface area (Å²) in [6.45, 7) is 4.84. The van der Waals surface area contributed by atoms with Crippen LogP contribution in [0.5, 0.6) is 0 Å². The Hall–Kier alpha value is -0.500. The molecule has 0 aliphatic heterocycles. The minimum atomic E-state index is -4.30. The quantitative estimate of drug-likeness (QED) is 0.0319. The molecule has 0 bridgehead atoms. The number of phosphoric acid groups is 1. The normalized spacial score (nSPS) is 13.8. The first-order valence-corrected chi connectivity index (χ1v) is 31.4. The molecule has 0 aromatic carbocycles. The summed E-state index contributed by atoms with van der Waals surface area (Å²) in [5, 5.41) is 13.8. The van der Waals surface area contributed by atoms with Gasteiger partial charge in [0, 0.05) is 6.42 Å². The van der Waals surface area contributed by atoms with Crippen LogP contribution in [0.3, 0.4) is 0 Å². The fourth-order valence-corrected chi connectivity index (χ4v) is 10.1. The van der Waals surface area contributed by atoms with Crippen molar-refractivity contribution in [3.8, 4) is 0 Å². The molecule has 8 nitrogen and oxygen atoms in total. The minimum Gasteiger partial charge on any atom is -0.391 e. The second-order valence-electron chi connectivity index (χ2n) is 22.1. The van der Waals surface area contributed by atoms with Crippen molar-refractivity contribution in [2.45, 2.75) is 328 Å². The zero-order valence-electron chi connectivity index (χ0n) is 45.9. The van der Waals surface area contributed by atoms with Gasteiger partial charge in [0.1, 0.15) is 13.2 Å². The molecule has 3 unspecified atom stereocenters. The van der Waals surface area contributed by atoms with Crippen LogP contribution < -0.4 is 5.32 Å². The Bertz CT molecular complexity index is 1060. The zero-order valence-corrected chi connectivity index (χ0v) is 46.8. The first-order valence-electron chi connectivity index (χ1n) is 29.9. The minimum absolute atomic E-state index is 0.0775. The first-order chi connectivity index (χ1) is 32.5. The number of carbonyl (C=O) groups is 1. The molecule has 3 N–H and O–H groups in total. The molecule has 0 saturated carbocycles. The van der Waals surface area contributed by atoms with Crippen molar-refractivity contribution >= 4 is 13.7 Å². The van der Waals surface area contributed by atoms with E-state index < -0.39 is 20.0 Å². The van der Waals surface area contributed by atoms with Gasteiger partial charge in [-0.3, -0.25) is 13.8 Å². The average Bonchev–Trinajstić information content (AvgIpc) is 3.29. The number of hydrogen-bond donors (Lipinski definition) is 3. The molecular weight excluding hydrogens is 852 g/mol. The van der Waals surface area contributed by atoms with E-state index in [-0.39, 0.29) is 19.1 Å². The predicted octanol–water partition coefficient (Wildman–Crippen LogP) is 18.0. The van der Waals surface area contributed by atoms with Crippen LogP contribution in [0, 0.1) is 0 Å². The van der Waals surface area contributed by atoms with Gasteiger partial charge in [-0.1, -0.05) is 296 Å². The summed E-state index contributed by atoms with van der Waals surface area (Å²) in [5.41, 5.74) is 0. The van der Waals surface area contributed by atoms with E-state index in [0.717, 1.165) is 51.4 Å². The van der Waals surface area contributed by atoms with Gasteiger partial charge in [0.25, 0.3) is 0 Å². The van der Waals surface area contributed by atoms with Gasteiger partial charge in [-0.25, -0.2) is 4.57 Å². The van der Waals surface area contributed by atoms with E-state index >= 15 is 0 Å². The van der Waals surface area contributed by atoms with Gasteiger partial charge >= 0.3 is 7.82 Å². The first kappa shape index (κ1) is 66.5. The molecule has 402 valence electrons. The van der Waals surface area contributed by atoms with Gasteiger partial charge in [0.05, 0.1) is 39.9 Å². The van der Waals surface area contributed by atoms with Gasteiger partial charge < -0.3 is 19.8 Å². The van der Waals surface area contributed by atoms with Crippen molar-refractivity contribution < 1.29 is 32.9 Å². The fourth-order valence-electron chi connectivity index (χ4n) is 9.40. The van der Waals surface area contributed by atoms with Gasteiger partial charge in [-0.2, -0.15) is 0 Å². The Kier molecular flexibility index (Phi) is 50.1. The molecule has 0 rings (SSSR count). The number of amides is 1. The Balaban J connectivity index is 3.59. The van der Waals surface area contributed by atoms with E-state index in [1.807, 2.05) is 21.1 Å². The molecule has 1 amide bonds. The Morgan fingerprint density at radius 1 is 0.448 bits per heavy atom. The van der Waals surface area contributed by atoms with E-state index in [9.17, 15) is 19.4 Å². The van der Waals surface area contributed by atoms with Crippen molar-refractivity contribution in [3.63, 3.8) is 0 Å². The van der Waals surface area contributed by atoms with E-state index in [2.05, 4.69) is 19.2 Å². The molecule has 0 spiro atoms. The molecule has 9 heteroatoms. The van der Waals surface area contributed by atoms with Crippen LogP contribution in [0.15, 0.2) is 0 Å². The third-order valence-electron chi connectivity index (χ3n) is 14.1. The predicted molar refractivity (Wildman–Crippen MR) is 291 cm³/mol.